The number of amides is 1. The second kappa shape index (κ2) is 5.04. The molecule has 2 fully saturated rings. The van der Waals surface area contributed by atoms with Gasteiger partial charge in [0.15, 0.2) is 0 Å². The van der Waals surface area contributed by atoms with Crippen molar-refractivity contribution >= 4 is 5.91 Å². The number of aromatic nitrogens is 2. The lowest BCUT2D eigenvalue weighted by Crippen LogP contribution is -2.41. The highest BCUT2D eigenvalue weighted by Gasteiger charge is 2.42. The Morgan fingerprint density at radius 1 is 1.40 bits per heavy atom. The molecular formula is C15H21N3O2. The van der Waals surface area contributed by atoms with Crippen molar-refractivity contribution in [1.82, 2.24) is 15.1 Å². The fraction of sp³-hybridized carbons (Fsp3) is 0.667. The van der Waals surface area contributed by atoms with Crippen molar-refractivity contribution in [3.05, 3.63) is 28.2 Å². The molecule has 1 N–H and O–H groups in total. The van der Waals surface area contributed by atoms with E-state index in [2.05, 4.69) is 17.3 Å². The largest absolute Gasteiger partial charge is 0.348 e. The summed E-state index contributed by atoms with van der Waals surface area (Å²) < 4.78 is 1.19. The monoisotopic (exact) mass is 275 g/mol. The summed E-state index contributed by atoms with van der Waals surface area (Å²) in [7, 11) is 1.55. The van der Waals surface area contributed by atoms with E-state index in [9.17, 15) is 9.59 Å². The van der Waals surface area contributed by atoms with Gasteiger partial charge in [-0.3, -0.25) is 9.59 Å². The van der Waals surface area contributed by atoms with Crippen LogP contribution in [0.1, 0.15) is 43.1 Å². The maximum absolute atomic E-state index is 12.2. The van der Waals surface area contributed by atoms with E-state index in [0.29, 0.717) is 11.6 Å². The number of hydrogen-bond acceptors (Lipinski definition) is 3. The number of carbonyl (C=O) groups is 1. The molecule has 3 rings (SSSR count). The SMILES string of the molecule is C[C@@H](NC(=O)c1ccc(=O)n(C)n1)[C@H]1C[C@H]2CC[C@H]1C2. The van der Waals surface area contributed by atoms with Gasteiger partial charge in [-0.25, -0.2) is 4.68 Å². The molecule has 20 heavy (non-hydrogen) atoms. The van der Waals surface area contributed by atoms with E-state index in [-0.39, 0.29) is 17.5 Å². The molecule has 108 valence electrons. The Bertz CT molecular complexity index is 581. The van der Waals surface area contributed by atoms with Gasteiger partial charge in [0.2, 0.25) is 0 Å². The van der Waals surface area contributed by atoms with Crippen LogP contribution in [-0.4, -0.2) is 21.7 Å². The normalized spacial score (nSPS) is 29.4. The van der Waals surface area contributed by atoms with Crippen molar-refractivity contribution in [1.29, 1.82) is 0 Å². The van der Waals surface area contributed by atoms with Crippen molar-refractivity contribution < 1.29 is 4.79 Å². The highest BCUT2D eigenvalue weighted by atomic mass is 16.2. The molecule has 0 saturated heterocycles. The molecule has 4 atom stereocenters. The molecule has 5 nitrogen and oxygen atoms in total. The van der Waals surface area contributed by atoms with Crippen LogP contribution in [0.15, 0.2) is 16.9 Å². The molecule has 1 aromatic rings. The number of carbonyl (C=O) groups excluding carboxylic acids is 1. The molecular weight excluding hydrogens is 254 g/mol. The Morgan fingerprint density at radius 2 is 2.20 bits per heavy atom. The van der Waals surface area contributed by atoms with Crippen LogP contribution in [0, 0.1) is 17.8 Å². The van der Waals surface area contributed by atoms with Gasteiger partial charge in [-0.1, -0.05) is 6.42 Å². The van der Waals surface area contributed by atoms with E-state index < -0.39 is 0 Å². The molecule has 0 unspecified atom stereocenters. The summed E-state index contributed by atoms with van der Waals surface area (Å²) >= 11 is 0. The molecule has 5 heteroatoms. The maximum atomic E-state index is 12.2. The van der Waals surface area contributed by atoms with Crippen LogP contribution in [0.2, 0.25) is 0 Å². The summed E-state index contributed by atoms with van der Waals surface area (Å²) in [5.74, 6) is 2.07. The molecule has 0 aliphatic heterocycles. The van der Waals surface area contributed by atoms with E-state index in [1.165, 1.54) is 42.5 Å². The zero-order chi connectivity index (χ0) is 14.3. The van der Waals surface area contributed by atoms with Gasteiger partial charge in [-0.05, 0) is 50.0 Å². The van der Waals surface area contributed by atoms with E-state index in [1.807, 2.05) is 0 Å². The van der Waals surface area contributed by atoms with E-state index in [0.717, 1.165) is 11.8 Å². The Balaban J connectivity index is 1.66. The highest BCUT2D eigenvalue weighted by molar-refractivity contribution is 5.92. The topological polar surface area (TPSA) is 64.0 Å². The van der Waals surface area contributed by atoms with E-state index in [1.54, 1.807) is 7.05 Å². The minimum atomic E-state index is -0.206. The summed E-state index contributed by atoms with van der Waals surface area (Å²) in [6, 6.07) is 3.05. The van der Waals surface area contributed by atoms with E-state index >= 15 is 0 Å². The minimum Gasteiger partial charge on any atom is -0.348 e. The fourth-order valence-corrected chi connectivity index (χ4v) is 3.92. The number of aryl methyl sites for hydroxylation is 1. The molecule has 0 radical (unpaired) electrons. The highest BCUT2D eigenvalue weighted by Crippen LogP contribution is 2.49. The number of rotatable bonds is 3. The Hall–Kier alpha value is -1.65. The van der Waals surface area contributed by atoms with Crippen molar-refractivity contribution in [2.75, 3.05) is 0 Å². The molecule has 0 aromatic carbocycles. The first-order chi connectivity index (χ1) is 9.54. The fourth-order valence-electron chi connectivity index (χ4n) is 3.92. The minimum absolute atomic E-state index is 0.178. The van der Waals surface area contributed by atoms with Gasteiger partial charge in [0, 0.05) is 19.2 Å². The summed E-state index contributed by atoms with van der Waals surface area (Å²) in [6.45, 7) is 2.09. The summed E-state index contributed by atoms with van der Waals surface area (Å²) in [5, 5.41) is 7.05. The quantitative estimate of drug-likeness (QED) is 0.905. The summed E-state index contributed by atoms with van der Waals surface area (Å²) in [4.78, 5) is 23.5. The Kier molecular flexibility index (Phi) is 3.36. The second-order valence-electron chi connectivity index (χ2n) is 6.28. The lowest BCUT2D eigenvalue weighted by atomic mass is 9.84. The molecule has 2 saturated carbocycles. The van der Waals surface area contributed by atoms with Crippen LogP contribution >= 0.6 is 0 Å². The molecule has 2 aliphatic rings. The third kappa shape index (κ3) is 2.37. The van der Waals surface area contributed by atoms with Crippen LogP contribution in [-0.2, 0) is 7.05 Å². The Morgan fingerprint density at radius 3 is 2.80 bits per heavy atom. The standard InChI is InChI=1S/C15H21N3O2/c1-9(12-8-10-3-4-11(12)7-10)16-15(20)13-5-6-14(19)18(2)17-13/h5-6,9-12H,3-4,7-8H2,1-2H3,(H,16,20)/t9-,10+,11+,12-/m1/s1. The summed E-state index contributed by atoms with van der Waals surface area (Å²) in [5.41, 5.74) is 0.102. The van der Waals surface area contributed by atoms with Gasteiger partial charge >= 0.3 is 0 Å². The van der Waals surface area contributed by atoms with Gasteiger partial charge < -0.3 is 5.32 Å². The lowest BCUT2D eigenvalue weighted by molar-refractivity contribution is 0.0908. The van der Waals surface area contributed by atoms with Crippen molar-refractivity contribution in [3.8, 4) is 0 Å². The number of hydrogen-bond donors (Lipinski definition) is 1. The third-order valence-electron chi connectivity index (χ3n) is 4.99. The third-order valence-corrected chi connectivity index (χ3v) is 4.99. The zero-order valence-electron chi connectivity index (χ0n) is 12.0. The van der Waals surface area contributed by atoms with Crippen molar-refractivity contribution in [2.24, 2.45) is 24.8 Å². The number of nitrogens with one attached hydrogen (secondary N) is 1. The average molecular weight is 275 g/mol. The molecule has 2 bridgehead atoms. The van der Waals surface area contributed by atoms with Crippen molar-refractivity contribution in [3.63, 3.8) is 0 Å². The average Bonchev–Trinajstić information content (AvgIpc) is 3.04. The van der Waals surface area contributed by atoms with Crippen molar-refractivity contribution in [2.45, 2.75) is 38.6 Å². The maximum Gasteiger partial charge on any atom is 0.271 e. The molecule has 1 amide bonds. The Labute approximate surface area is 118 Å². The number of nitrogens with zero attached hydrogens (tertiary/aromatic N) is 2. The van der Waals surface area contributed by atoms with Gasteiger partial charge in [-0.15, -0.1) is 0 Å². The van der Waals surface area contributed by atoms with Crippen LogP contribution in [0.3, 0.4) is 0 Å². The van der Waals surface area contributed by atoms with Gasteiger partial charge in [0.1, 0.15) is 5.69 Å². The summed E-state index contributed by atoms with van der Waals surface area (Å²) in [6.07, 6.45) is 5.26. The van der Waals surface area contributed by atoms with E-state index in [4.69, 9.17) is 0 Å². The van der Waals surface area contributed by atoms with Gasteiger partial charge in [0.05, 0.1) is 0 Å². The lowest BCUT2D eigenvalue weighted by Gasteiger charge is -2.28. The smallest absolute Gasteiger partial charge is 0.271 e. The second-order valence-corrected chi connectivity index (χ2v) is 6.28. The van der Waals surface area contributed by atoms with Gasteiger partial charge in [0.25, 0.3) is 11.5 Å². The first-order valence-corrected chi connectivity index (χ1v) is 7.40. The predicted octanol–water partition coefficient (Wildman–Crippen LogP) is 1.33. The predicted molar refractivity (Wildman–Crippen MR) is 75.3 cm³/mol. The molecule has 2 aliphatic carbocycles. The van der Waals surface area contributed by atoms with Crippen LogP contribution < -0.4 is 10.9 Å². The molecule has 1 heterocycles. The number of fused-ring (bicyclic) bond motifs is 2. The van der Waals surface area contributed by atoms with Gasteiger partial charge in [-0.2, -0.15) is 5.10 Å². The first kappa shape index (κ1) is 13.3. The first-order valence-electron chi connectivity index (χ1n) is 7.40. The van der Waals surface area contributed by atoms with Crippen LogP contribution in [0.5, 0.6) is 0 Å². The molecule has 1 aromatic heterocycles. The zero-order valence-corrected chi connectivity index (χ0v) is 12.0. The molecule has 0 spiro atoms. The van der Waals surface area contributed by atoms with Crippen LogP contribution in [0.4, 0.5) is 0 Å². The van der Waals surface area contributed by atoms with Crippen LogP contribution in [0.25, 0.3) is 0 Å².